The van der Waals surface area contributed by atoms with Crippen LogP contribution in [0.25, 0.3) is 5.69 Å². The number of para-hydroxylation sites is 1. The van der Waals surface area contributed by atoms with Crippen molar-refractivity contribution < 1.29 is 13.9 Å². The number of rotatable bonds is 5. The highest BCUT2D eigenvalue weighted by molar-refractivity contribution is 6.02. The quantitative estimate of drug-likeness (QED) is 0.713. The van der Waals surface area contributed by atoms with Crippen LogP contribution in [0.4, 0.5) is 10.1 Å². The molecule has 1 amide bonds. The summed E-state index contributed by atoms with van der Waals surface area (Å²) in [6.07, 6.45) is 5.29. The van der Waals surface area contributed by atoms with Gasteiger partial charge in [0.05, 0.1) is 24.5 Å². The molecule has 3 aromatic rings. The highest BCUT2D eigenvalue weighted by atomic mass is 19.1. The van der Waals surface area contributed by atoms with Crippen LogP contribution < -0.4 is 10.7 Å². The van der Waals surface area contributed by atoms with Crippen LogP contribution in [0.15, 0.2) is 47.5 Å². The normalized spacial score (nSPS) is 16.1. The summed E-state index contributed by atoms with van der Waals surface area (Å²) in [5, 5.41) is 10.9. The van der Waals surface area contributed by atoms with E-state index in [1.807, 2.05) is 0 Å². The standard InChI is InChI=1S/C20H20FN5O3/c1-13-9-18(27)19(24-26(13)17-7-3-2-6-16(17)21)20(28)23-14-10-22-25(11-14)12-15-5-4-8-29-15/h2-3,6-7,9-11,15H,4-5,8,12H2,1H3,(H,23,28). The minimum atomic E-state index is -0.684. The number of benzene rings is 1. The number of nitrogens with one attached hydrogen (secondary N) is 1. The van der Waals surface area contributed by atoms with E-state index in [1.54, 1.807) is 29.9 Å². The van der Waals surface area contributed by atoms with Crippen molar-refractivity contribution in [3.05, 3.63) is 70.2 Å². The van der Waals surface area contributed by atoms with Crippen molar-refractivity contribution in [1.29, 1.82) is 0 Å². The van der Waals surface area contributed by atoms with Crippen molar-refractivity contribution in [3.8, 4) is 5.69 Å². The van der Waals surface area contributed by atoms with E-state index >= 15 is 0 Å². The summed E-state index contributed by atoms with van der Waals surface area (Å²) >= 11 is 0. The zero-order valence-electron chi connectivity index (χ0n) is 15.8. The fraction of sp³-hybridized carbons (Fsp3) is 0.300. The summed E-state index contributed by atoms with van der Waals surface area (Å²) in [5.41, 5.74) is 0.141. The summed E-state index contributed by atoms with van der Waals surface area (Å²) < 4.78 is 22.6. The first-order chi connectivity index (χ1) is 14.0. The number of carbonyl (C=O) groups is 1. The van der Waals surface area contributed by atoms with Crippen molar-refractivity contribution in [2.24, 2.45) is 0 Å². The lowest BCUT2D eigenvalue weighted by atomic mass is 10.2. The Labute approximate surface area is 165 Å². The van der Waals surface area contributed by atoms with Crippen molar-refractivity contribution >= 4 is 11.6 Å². The molecule has 1 saturated heterocycles. The lowest BCUT2D eigenvalue weighted by Gasteiger charge is -2.11. The molecule has 8 nitrogen and oxygen atoms in total. The van der Waals surface area contributed by atoms with Gasteiger partial charge in [-0.25, -0.2) is 9.07 Å². The van der Waals surface area contributed by atoms with Gasteiger partial charge in [0, 0.05) is 24.6 Å². The number of amides is 1. The number of aromatic nitrogens is 4. The molecule has 0 aliphatic carbocycles. The number of aryl methyl sites for hydroxylation is 1. The molecule has 4 rings (SSSR count). The van der Waals surface area contributed by atoms with Gasteiger partial charge in [-0.3, -0.25) is 14.3 Å². The number of anilines is 1. The van der Waals surface area contributed by atoms with Gasteiger partial charge in [-0.15, -0.1) is 0 Å². The molecule has 2 aromatic heterocycles. The van der Waals surface area contributed by atoms with E-state index in [9.17, 15) is 14.0 Å². The van der Waals surface area contributed by atoms with Gasteiger partial charge >= 0.3 is 0 Å². The van der Waals surface area contributed by atoms with Crippen LogP contribution in [0.1, 0.15) is 29.0 Å². The molecule has 1 aliphatic heterocycles. The number of hydrogen-bond donors (Lipinski definition) is 1. The maximum atomic E-state index is 14.1. The third-order valence-corrected chi connectivity index (χ3v) is 4.71. The second-order valence-corrected chi connectivity index (χ2v) is 6.90. The maximum Gasteiger partial charge on any atom is 0.280 e. The smallest absolute Gasteiger partial charge is 0.280 e. The molecule has 0 radical (unpaired) electrons. The molecule has 29 heavy (non-hydrogen) atoms. The Morgan fingerprint density at radius 2 is 2.21 bits per heavy atom. The van der Waals surface area contributed by atoms with Crippen LogP contribution in [0.3, 0.4) is 0 Å². The van der Waals surface area contributed by atoms with Gasteiger partial charge in [-0.2, -0.15) is 10.2 Å². The van der Waals surface area contributed by atoms with Crippen molar-refractivity contribution in [2.45, 2.75) is 32.4 Å². The molecule has 1 aliphatic rings. The third kappa shape index (κ3) is 4.09. The molecular formula is C20H20FN5O3. The molecule has 150 valence electrons. The van der Waals surface area contributed by atoms with Gasteiger partial charge in [0.15, 0.2) is 5.69 Å². The molecular weight excluding hydrogens is 377 g/mol. The molecule has 0 saturated carbocycles. The van der Waals surface area contributed by atoms with Gasteiger partial charge < -0.3 is 10.1 Å². The SMILES string of the molecule is Cc1cc(=O)c(C(=O)Nc2cnn(CC3CCCO3)c2)nn1-c1ccccc1F. The van der Waals surface area contributed by atoms with Gasteiger partial charge in [-0.1, -0.05) is 12.1 Å². The fourth-order valence-electron chi connectivity index (χ4n) is 3.29. The number of hydrogen-bond acceptors (Lipinski definition) is 5. The average molecular weight is 397 g/mol. The maximum absolute atomic E-state index is 14.1. The number of nitrogens with zero attached hydrogens (tertiary/aromatic N) is 4. The highest BCUT2D eigenvalue weighted by Crippen LogP contribution is 2.16. The van der Waals surface area contributed by atoms with Crippen molar-refractivity contribution in [3.63, 3.8) is 0 Å². The van der Waals surface area contributed by atoms with E-state index in [-0.39, 0.29) is 17.5 Å². The van der Waals surface area contributed by atoms with E-state index < -0.39 is 17.2 Å². The fourth-order valence-corrected chi connectivity index (χ4v) is 3.29. The minimum Gasteiger partial charge on any atom is -0.376 e. The number of carbonyl (C=O) groups excluding carboxylic acids is 1. The monoisotopic (exact) mass is 397 g/mol. The van der Waals surface area contributed by atoms with Crippen LogP contribution in [0.5, 0.6) is 0 Å². The molecule has 1 atom stereocenters. The summed E-state index contributed by atoms with van der Waals surface area (Å²) in [6.45, 7) is 2.97. The average Bonchev–Trinajstić information content (AvgIpc) is 3.35. The largest absolute Gasteiger partial charge is 0.376 e. The zero-order valence-corrected chi connectivity index (χ0v) is 15.8. The lowest BCUT2D eigenvalue weighted by Crippen LogP contribution is -2.27. The first kappa shape index (κ1) is 19.0. The molecule has 9 heteroatoms. The predicted molar refractivity (Wildman–Crippen MR) is 104 cm³/mol. The molecule has 1 aromatic carbocycles. The number of ether oxygens (including phenoxy) is 1. The molecule has 1 unspecified atom stereocenters. The van der Waals surface area contributed by atoms with Crippen LogP contribution in [0, 0.1) is 12.7 Å². The minimum absolute atomic E-state index is 0.116. The van der Waals surface area contributed by atoms with Crippen molar-refractivity contribution in [2.75, 3.05) is 11.9 Å². The molecule has 1 fully saturated rings. The predicted octanol–water partition coefficient (Wildman–Crippen LogP) is 2.31. The van der Waals surface area contributed by atoms with Gasteiger partial charge in [0.1, 0.15) is 11.5 Å². The summed E-state index contributed by atoms with van der Waals surface area (Å²) in [7, 11) is 0. The lowest BCUT2D eigenvalue weighted by molar-refractivity contribution is 0.0940. The van der Waals surface area contributed by atoms with Gasteiger partial charge in [0.2, 0.25) is 5.43 Å². The van der Waals surface area contributed by atoms with Gasteiger partial charge in [0.25, 0.3) is 5.91 Å². The van der Waals surface area contributed by atoms with Crippen LogP contribution >= 0.6 is 0 Å². The number of halogens is 1. The van der Waals surface area contributed by atoms with Crippen LogP contribution in [-0.2, 0) is 11.3 Å². The first-order valence-corrected chi connectivity index (χ1v) is 9.32. The summed E-state index contributed by atoms with van der Waals surface area (Å²) in [6, 6.07) is 7.28. The summed E-state index contributed by atoms with van der Waals surface area (Å²) in [5.74, 6) is -1.19. The second kappa shape index (κ2) is 7.96. The van der Waals surface area contributed by atoms with Crippen LogP contribution in [-0.4, -0.2) is 38.2 Å². The van der Waals surface area contributed by atoms with Crippen LogP contribution in [0.2, 0.25) is 0 Å². The zero-order chi connectivity index (χ0) is 20.4. The Balaban J connectivity index is 1.56. The Morgan fingerprint density at radius 1 is 1.38 bits per heavy atom. The topological polar surface area (TPSA) is 91.0 Å². The van der Waals surface area contributed by atoms with E-state index in [4.69, 9.17) is 4.74 Å². The Hall–Kier alpha value is -3.33. The third-order valence-electron chi connectivity index (χ3n) is 4.71. The molecule has 0 bridgehead atoms. The van der Waals surface area contributed by atoms with Gasteiger partial charge in [-0.05, 0) is 31.9 Å². The van der Waals surface area contributed by atoms with Crippen molar-refractivity contribution in [1.82, 2.24) is 19.6 Å². The van der Waals surface area contributed by atoms with E-state index in [2.05, 4.69) is 15.5 Å². The Morgan fingerprint density at radius 3 is 2.97 bits per heavy atom. The second-order valence-electron chi connectivity index (χ2n) is 6.90. The summed E-state index contributed by atoms with van der Waals surface area (Å²) in [4.78, 5) is 24.9. The highest BCUT2D eigenvalue weighted by Gasteiger charge is 2.19. The Kier molecular flexibility index (Phi) is 5.22. The Bertz CT molecular complexity index is 1100. The van der Waals surface area contributed by atoms with E-state index in [0.29, 0.717) is 17.9 Å². The molecule has 1 N–H and O–H groups in total. The van der Waals surface area contributed by atoms with E-state index in [0.717, 1.165) is 19.4 Å². The first-order valence-electron chi connectivity index (χ1n) is 9.32. The molecule has 0 spiro atoms. The van der Waals surface area contributed by atoms with E-state index in [1.165, 1.54) is 29.1 Å². The molecule has 3 heterocycles.